The lowest BCUT2D eigenvalue weighted by Crippen LogP contribution is -2.14. The number of anilines is 1. The second-order valence-corrected chi connectivity index (χ2v) is 7.88. The number of carbonyl (C=O) groups excluding carboxylic acids is 1. The molecule has 4 nitrogen and oxygen atoms in total. The summed E-state index contributed by atoms with van der Waals surface area (Å²) in [5.41, 5.74) is 2.55. The average molecular weight is 472 g/mol. The van der Waals surface area contributed by atoms with E-state index in [-0.39, 0.29) is 17.2 Å². The van der Waals surface area contributed by atoms with Gasteiger partial charge in [-0.05, 0) is 42.8 Å². The number of para-hydroxylation sites is 1. The summed E-state index contributed by atoms with van der Waals surface area (Å²) in [4.78, 5) is 12.7. The fraction of sp³-hybridized carbons (Fsp3) is 0.0833. The second-order valence-electron chi connectivity index (χ2n) is 6.62. The van der Waals surface area contributed by atoms with Crippen molar-refractivity contribution < 1.29 is 9.53 Å². The van der Waals surface area contributed by atoms with Crippen molar-refractivity contribution in [1.82, 2.24) is 0 Å². The Hall–Kier alpha value is -2.97. The van der Waals surface area contributed by atoms with Crippen molar-refractivity contribution in [2.45, 2.75) is 13.5 Å². The van der Waals surface area contributed by atoms with Gasteiger partial charge in [0.25, 0.3) is 5.91 Å². The van der Waals surface area contributed by atoms with Crippen LogP contribution in [-0.4, -0.2) is 5.91 Å². The number of halogens is 3. The van der Waals surface area contributed by atoms with Crippen molar-refractivity contribution in [3.05, 3.63) is 98.0 Å². The molecule has 0 bridgehead atoms. The summed E-state index contributed by atoms with van der Waals surface area (Å²) < 4.78 is 5.89. The Morgan fingerprint density at radius 1 is 1.06 bits per heavy atom. The second kappa shape index (κ2) is 10.4. The van der Waals surface area contributed by atoms with Crippen LogP contribution >= 0.6 is 34.8 Å². The van der Waals surface area contributed by atoms with Gasteiger partial charge in [-0.15, -0.1) is 0 Å². The Bertz CT molecular complexity index is 1200. The van der Waals surface area contributed by atoms with Crippen LogP contribution in [0.4, 0.5) is 5.69 Å². The maximum absolute atomic E-state index is 12.7. The van der Waals surface area contributed by atoms with Crippen LogP contribution in [0.15, 0.2) is 66.2 Å². The largest absolute Gasteiger partial charge is 0.487 e. The summed E-state index contributed by atoms with van der Waals surface area (Å²) in [6.07, 6.45) is 1.40. The zero-order valence-electron chi connectivity index (χ0n) is 16.5. The van der Waals surface area contributed by atoms with E-state index in [0.29, 0.717) is 27.0 Å². The Morgan fingerprint density at radius 2 is 1.77 bits per heavy atom. The van der Waals surface area contributed by atoms with Crippen LogP contribution in [0.25, 0.3) is 6.08 Å². The van der Waals surface area contributed by atoms with Gasteiger partial charge < -0.3 is 10.1 Å². The first-order valence-corrected chi connectivity index (χ1v) is 10.4. The van der Waals surface area contributed by atoms with Crippen LogP contribution < -0.4 is 10.1 Å². The van der Waals surface area contributed by atoms with Gasteiger partial charge in [-0.25, -0.2) is 0 Å². The van der Waals surface area contributed by atoms with Gasteiger partial charge in [0.15, 0.2) is 0 Å². The molecule has 0 aliphatic rings. The molecule has 31 heavy (non-hydrogen) atoms. The Labute approximate surface area is 195 Å². The zero-order valence-corrected chi connectivity index (χ0v) is 18.7. The van der Waals surface area contributed by atoms with E-state index >= 15 is 0 Å². The van der Waals surface area contributed by atoms with Crippen LogP contribution in [0.3, 0.4) is 0 Å². The predicted molar refractivity (Wildman–Crippen MR) is 126 cm³/mol. The van der Waals surface area contributed by atoms with Gasteiger partial charge in [-0.2, -0.15) is 5.26 Å². The van der Waals surface area contributed by atoms with Crippen LogP contribution in [0.2, 0.25) is 15.1 Å². The van der Waals surface area contributed by atoms with E-state index in [2.05, 4.69) is 5.32 Å². The number of aryl methyl sites for hydroxylation is 1. The van der Waals surface area contributed by atoms with E-state index in [1.54, 1.807) is 24.3 Å². The predicted octanol–water partition coefficient (Wildman–Crippen LogP) is 7.08. The van der Waals surface area contributed by atoms with E-state index in [4.69, 9.17) is 39.5 Å². The summed E-state index contributed by atoms with van der Waals surface area (Å²) >= 11 is 18.7. The number of benzene rings is 3. The molecule has 3 rings (SSSR count). The monoisotopic (exact) mass is 470 g/mol. The summed E-state index contributed by atoms with van der Waals surface area (Å²) in [7, 11) is 0. The van der Waals surface area contributed by atoms with E-state index in [9.17, 15) is 10.1 Å². The minimum absolute atomic E-state index is 0.121. The molecule has 0 heterocycles. The molecular formula is C24H17Cl3N2O2. The summed E-state index contributed by atoms with van der Waals surface area (Å²) in [6.45, 7) is 2.02. The van der Waals surface area contributed by atoms with Crippen LogP contribution in [-0.2, 0) is 11.4 Å². The summed E-state index contributed by atoms with van der Waals surface area (Å²) in [5.74, 6) is -0.257. The summed E-state index contributed by atoms with van der Waals surface area (Å²) in [6, 6.07) is 19.6. The normalized spacial score (nSPS) is 11.0. The SMILES string of the molecule is Cc1ccccc1NC(=O)/C(C#N)=C/c1cc(Cl)cc(Cl)c1OCc1ccccc1Cl. The molecule has 0 saturated heterocycles. The molecule has 0 atom stereocenters. The minimum Gasteiger partial charge on any atom is -0.487 e. The van der Waals surface area contributed by atoms with Crippen molar-refractivity contribution in [2.75, 3.05) is 5.32 Å². The number of ether oxygens (including phenoxy) is 1. The first-order valence-electron chi connectivity index (χ1n) is 9.23. The maximum atomic E-state index is 12.7. The first-order chi connectivity index (χ1) is 14.9. The van der Waals surface area contributed by atoms with Crippen molar-refractivity contribution in [2.24, 2.45) is 0 Å². The van der Waals surface area contributed by atoms with Gasteiger partial charge in [0.2, 0.25) is 0 Å². The van der Waals surface area contributed by atoms with Crippen molar-refractivity contribution in [3.8, 4) is 11.8 Å². The maximum Gasteiger partial charge on any atom is 0.266 e. The number of nitrogens with zero attached hydrogens (tertiary/aromatic N) is 1. The van der Waals surface area contributed by atoms with Crippen LogP contribution in [0, 0.1) is 18.3 Å². The van der Waals surface area contributed by atoms with Crippen molar-refractivity contribution >= 4 is 52.5 Å². The zero-order chi connectivity index (χ0) is 22.4. The molecule has 0 spiro atoms. The molecule has 1 amide bonds. The highest BCUT2D eigenvalue weighted by atomic mass is 35.5. The standard InChI is InChI=1S/C24H17Cl3N2O2/c1-15-6-2-5-9-22(15)29-24(30)18(13-28)10-17-11-19(25)12-21(27)23(17)31-14-16-7-3-4-8-20(16)26/h2-12H,14H2,1H3,(H,29,30)/b18-10+. The van der Waals surface area contributed by atoms with E-state index in [1.165, 1.54) is 12.1 Å². The molecule has 0 fully saturated rings. The third kappa shape index (κ3) is 5.80. The van der Waals surface area contributed by atoms with E-state index in [1.807, 2.05) is 43.3 Å². The van der Waals surface area contributed by atoms with E-state index in [0.717, 1.165) is 11.1 Å². The molecule has 0 unspecified atom stereocenters. The van der Waals surface area contributed by atoms with Crippen LogP contribution in [0.5, 0.6) is 5.75 Å². The number of nitrogens with one attached hydrogen (secondary N) is 1. The Morgan fingerprint density at radius 3 is 2.48 bits per heavy atom. The minimum atomic E-state index is -0.551. The lowest BCUT2D eigenvalue weighted by atomic mass is 10.1. The lowest BCUT2D eigenvalue weighted by molar-refractivity contribution is -0.112. The number of rotatable bonds is 6. The molecule has 0 aromatic heterocycles. The molecule has 3 aromatic rings. The van der Waals surface area contributed by atoms with Gasteiger partial charge in [0.1, 0.15) is 24.0 Å². The third-order valence-corrected chi connectivity index (χ3v) is 5.29. The molecule has 0 aliphatic carbocycles. The molecule has 156 valence electrons. The topological polar surface area (TPSA) is 62.1 Å². The quantitative estimate of drug-likeness (QED) is 0.308. The average Bonchev–Trinajstić information content (AvgIpc) is 2.74. The van der Waals surface area contributed by atoms with Crippen LogP contribution in [0.1, 0.15) is 16.7 Å². The number of hydrogen-bond acceptors (Lipinski definition) is 3. The van der Waals surface area contributed by atoms with Crippen molar-refractivity contribution in [3.63, 3.8) is 0 Å². The van der Waals surface area contributed by atoms with Gasteiger partial charge in [-0.1, -0.05) is 71.2 Å². The number of amides is 1. The van der Waals surface area contributed by atoms with Gasteiger partial charge in [-0.3, -0.25) is 4.79 Å². The fourth-order valence-corrected chi connectivity index (χ4v) is 3.57. The smallest absolute Gasteiger partial charge is 0.266 e. The molecule has 0 aliphatic heterocycles. The first kappa shape index (κ1) is 22.7. The highest BCUT2D eigenvalue weighted by Crippen LogP contribution is 2.35. The highest BCUT2D eigenvalue weighted by Gasteiger charge is 2.15. The number of carbonyl (C=O) groups is 1. The molecule has 1 N–H and O–H groups in total. The Kier molecular flexibility index (Phi) is 7.59. The van der Waals surface area contributed by atoms with Crippen molar-refractivity contribution in [1.29, 1.82) is 5.26 Å². The number of nitriles is 1. The van der Waals surface area contributed by atoms with Gasteiger partial charge in [0.05, 0.1) is 5.02 Å². The highest BCUT2D eigenvalue weighted by molar-refractivity contribution is 6.36. The lowest BCUT2D eigenvalue weighted by Gasteiger charge is -2.13. The molecule has 0 saturated carbocycles. The third-order valence-electron chi connectivity index (χ3n) is 4.43. The molecule has 7 heteroatoms. The Balaban J connectivity index is 1.92. The summed E-state index contributed by atoms with van der Waals surface area (Å²) in [5, 5.41) is 13.5. The van der Waals surface area contributed by atoms with Gasteiger partial charge in [0, 0.05) is 26.9 Å². The molecule has 3 aromatic carbocycles. The fourth-order valence-electron chi connectivity index (χ4n) is 2.81. The number of hydrogen-bond donors (Lipinski definition) is 1. The van der Waals surface area contributed by atoms with Gasteiger partial charge >= 0.3 is 0 Å². The molecular weight excluding hydrogens is 455 g/mol. The van der Waals surface area contributed by atoms with E-state index < -0.39 is 5.91 Å². The molecule has 0 radical (unpaired) electrons.